The Kier molecular flexibility index (Phi) is 10.5. The summed E-state index contributed by atoms with van der Waals surface area (Å²) in [6.45, 7) is 1.63. The van der Waals surface area contributed by atoms with Crippen LogP contribution < -0.4 is 15.0 Å². The van der Waals surface area contributed by atoms with E-state index in [-0.39, 0.29) is 30.6 Å². The Morgan fingerprint density at radius 3 is 2.31 bits per heavy atom. The predicted octanol–water partition coefficient (Wildman–Crippen LogP) is 7.53. The van der Waals surface area contributed by atoms with Gasteiger partial charge >= 0.3 is 0 Å². The van der Waals surface area contributed by atoms with Gasteiger partial charge in [0.1, 0.15) is 18.1 Å². The Morgan fingerprint density at radius 1 is 0.959 bits per heavy atom. The molecule has 4 aromatic carbocycles. The minimum absolute atomic E-state index is 0.0775. The van der Waals surface area contributed by atoms with E-state index in [0.717, 1.165) is 22.5 Å². The maximum atomic E-state index is 14.1. The van der Waals surface area contributed by atoms with E-state index < -0.39 is 30.5 Å². The van der Waals surface area contributed by atoms with Crippen LogP contribution in [0.2, 0.25) is 5.02 Å². The summed E-state index contributed by atoms with van der Waals surface area (Å²) in [5, 5.41) is 36.0. The van der Waals surface area contributed by atoms with E-state index in [1.807, 2.05) is 85.8 Å². The van der Waals surface area contributed by atoms with Crippen molar-refractivity contribution in [3.05, 3.63) is 130 Å². The number of hydrogen-bond donors (Lipinski definition) is 4. The van der Waals surface area contributed by atoms with Gasteiger partial charge in [0.15, 0.2) is 0 Å². The summed E-state index contributed by atoms with van der Waals surface area (Å²) in [6, 6.07) is 30.8. The summed E-state index contributed by atoms with van der Waals surface area (Å²) in [5.74, 6) is -2.28. The average molecular weight is 679 g/mol. The molecule has 0 bridgehead atoms. The fourth-order valence-electron chi connectivity index (χ4n) is 6.91. The number of anilines is 3. The number of phenolic OH excluding ortho intramolecular Hbond substituents is 1. The first-order valence-corrected chi connectivity index (χ1v) is 16.8. The third kappa shape index (κ3) is 7.57. The second-order valence-corrected chi connectivity index (χ2v) is 13.0. The van der Waals surface area contributed by atoms with Crippen LogP contribution in [0.1, 0.15) is 31.7 Å². The monoisotopic (exact) mass is 678 g/mol. The molecule has 1 aliphatic carbocycles. The number of carbonyl (C=O) groups excluding carboxylic acids is 2. The first kappa shape index (κ1) is 34.0. The van der Waals surface area contributed by atoms with Gasteiger partial charge < -0.3 is 25.4 Å². The van der Waals surface area contributed by atoms with E-state index in [1.54, 1.807) is 24.3 Å². The number of hydrogen-bond acceptors (Lipinski definition) is 7. The molecule has 1 aliphatic heterocycles. The maximum Gasteiger partial charge on any atom is 0.238 e. The average Bonchev–Trinajstić information content (AvgIpc) is 3.36. The summed E-state index contributed by atoms with van der Waals surface area (Å²) in [5.41, 5.74) is 5.15. The number of benzene rings is 4. The van der Waals surface area contributed by atoms with Crippen LogP contribution in [0, 0.1) is 17.8 Å². The lowest BCUT2D eigenvalue weighted by Gasteiger charge is -2.36. The van der Waals surface area contributed by atoms with Crippen molar-refractivity contribution in [2.75, 3.05) is 23.4 Å². The van der Waals surface area contributed by atoms with Gasteiger partial charge in [-0.2, -0.15) is 0 Å². The molecule has 252 valence electrons. The van der Waals surface area contributed by atoms with Crippen LogP contribution in [0.4, 0.5) is 17.1 Å². The summed E-state index contributed by atoms with van der Waals surface area (Å²) in [4.78, 5) is 29.3. The molecule has 4 aromatic rings. The van der Waals surface area contributed by atoms with Crippen LogP contribution in [-0.4, -0.2) is 46.5 Å². The number of fused-ring (bicyclic) bond motifs is 1. The molecule has 2 amide bonds. The molecule has 8 nitrogen and oxygen atoms in total. The molecule has 0 aromatic heterocycles. The lowest BCUT2D eigenvalue weighted by atomic mass is 9.68. The van der Waals surface area contributed by atoms with E-state index >= 15 is 0 Å². The number of aromatic hydroxyl groups is 1. The number of imide groups is 1. The zero-order valence-corrected chi connectivity index (χ0v) is 27.9. The molecule has 6 rings (SSSR count). The predicted molar refractivity (Wildman–Crippen MR) is 192 cm³/mol. The Balaban J connectivity index is 1.25. The number of nitrogens with one attached hydrogen (secondary N) is 1. The topological polar surface area (TPSA) is 119 Å². The Bertz CT molecular complexity index is 1860. The number of nitrogens with zero attached hydrogens (tertiary/aromatic N) is 1. The standard InChI is InChI=1S/C40H39ClN2O6/c1-25(20-26-13-18-31(45)22-35(26)41)12-19-36(46)37-27(24-49-32-10-6-3-7-11-32)21-33-38(34(37)23-44)40(48)43(39(33)47)30-16-14-29(15-17-30)42-28-8-4-2-5-9-28/h2-11,13-18,20,22,33-34,36,38,42,44-46H,12,19,21,23-24H2,1H3/b25-20+/t33-,34+,36-,38-/m1/s1. The SMILES string of the molecule is C/C(=C\c1ccc(O)cc1Cl)CC[C@@H](O)C1=C(COc2ccccc2)C[C@H]2C(=O)N(c3ccc(Nc4ccccc4)cc3)C(=O)[C@H]2[C@H]1CO. The van der Waals surface area contributed by atoms with Crippen LogP contribution >= 0.6 is 11.6 Å². The molecule has 0 saturated carbocycles. The first-order chi connectivity index (χ1) is 23.7. The zero-order valence-electron chi connectivity index (χ0n) is 27.1. The van der Waals surface area contributed by atoms with Gasteiger partial charge in [0.2, 0.25) is 11.8 Å². The lowest BCUT2D eigenvalue weighted by molar-refractivity contribution is -0.123. The second kappa shape index (κ2) is 15.1. The molecular weight excluding hydrogens is 640 g/mol. The van der Waals surface area contributed by atoms with Crippen LogP contribution in [0.3, 0.4) is 0 Å². The third-order valence-electron chi connectivity index (χ3n) is 9.28. The Labute approximate surface area is 290 Å². The summed E-state index contributed by atoms with van der Waals surface area (Å²) >= 11 is 6.30. The highest BCUT2D eigenvalue weighted by molar-refractivity contribution is 6.32. The number of aliphatic hydroxyl groups is 2. The number of halogens is 1. The summed E-state index contributed by atoms with van der Waals surface area (Å²) in [6.07, 6.45) is 1.96. The third-order valence-corrected chi connectivity index (χ3v) is 9.61. The van der Waals surface area contributed by atoms with Crippen LogP contribution in [0.15, 0.2) is 120 Å². The lowest BCUT2D eigenvalue weighted by Crippen LogP contribution is -2.40. The van der Waals surface area contributed by atoms with Crippen molar-refractivity contribution < 1.29 is 29.6 Å². The number of amides is 2. The molecule has 2 aliphatic rings. The molecule has 1 fully saturated rings. The fourth-order valence-corrected chi connectivity index (χ4v) is 7.14. The van der Waals surface area contributed by atoms with Crippen LogP contribution in [0.5, 0.6) is 11.5 Å². The van der Waals surface area contributed by atoms with Gasteiger partial charge in [-0.1, -0.05) is 59.6 Å². The number of aliphatic hydroxyl groups excluding tert-OH is 2. The van der Waals surface area contributed by atoms with Crippen molar-refractivity contribution in [3.63, 3.8) is 0 Å². The summed E-state index contributed by atoms with van der Waals surface area (Å²) < 4.78 is 6.12. The van der Waals surface area contributed by atoms with Gasteiger partial charge in [0, 0.05) is 17.3 Å². The normalized spacial score (nSPS) is 20.0. The quantitative estimate of drug-likeness (QED) is 0.0904. The van der Waals surface area contributed by atoms with E-state index in [2.05, 4.69) is 5.32 Å². The highest BCUT2D eigenvalue weighted by atomic mass is 35.5. The zero-order chi connectivity index (χ0) is 34.5. The van der Waals surface area contributed by atoms with E-state index in [9.17, 15) is 24.9 Å². The minimum Gasteiger partial charge on any atom is -0.508 e. The van der Waals surface area contributed by atoms with Gasteiger partial charge in [-0.3, -0.25) is 14.5 Å². The van der Waals surface area contributed by atoms with Gasteiger partial charge in [-0.05, 0) is 110 Å². The molecule has 0 spiro atoms. The highest BCUT2D eigenvalue weighted by Crippen LogP contribution is 2.47. The van der Waals surface area contributed by atoms with Crippen LogP contribution in [-0.2, 0) is 9.59 Å². The van der Waals surface area contributed by atoms with Crippen LogP contribution in [0.25, 0.3) is 6.08 Å². The van der Waals surface area contributed by atoms with Crippen molar-refractivity contribution in [3.8, 4) is 11.5 Å². The van der Waals surface area contributed by atoms with Crippen molar-refractivity contribution in [2.45, 2.75) is 32.3 Å². The summed E-state index contributed by atoms with van der Waals surface area (Å²) in [7, 11) is 0. The smallest absolute Gasteiger partial charge is 0.238 e. The van der Waals surface area contributed by atoms with Gasteiger partial charge in [0.25, 0.3) is 0 Å². The molecule has 4 N–H and O–H groups in total. The molecular formula is C40H39ClN2O6. The Morgan fingerprint density at radius 2 is 1.63 bits per heavy atom. The molecule has 9 heteroatoms. The maximum absolute atomic E-state index is 14.1. The van der Waals surface area contributed by atoms with Crippen molar-refractivity contribution in [1.29, 1.82) is 0 Å². The van der Waals surface area contributed by atoms with E-state index in [1.165, 1.54) is 11.0 Å². The second-order valence-electron chi connectivity index (χ2n) is 12.6. The highest BCUT2D eigenvalue weighted by Gasteiger charge is 2.55. The van der Waals surface area contributed by atoms with Crippen molar-refractivity contribution in [1.82, 2.24) is 0 Å². The van der Waals surface area contributed by atoms with Gasteiger partial charge in [-0.15, -0.1) is 0 Å². The van der Waals surface area contributed by atoms with Gasteiger partial charge in [0.05, 0.1) is 35.3 Å². The molecule has 1 saturated heterocycles. The number of allylic oxidation sites excluding steroid dienone is 1. The molecule has 0 radical (unpaired) electrons. The fraction of sp³-hybridized carbons (Fsp3) is 0.250. The number of ether oxygens (including phenoxy) is 1. The molecule has 49 heavy (non-hydrogen) atoms. The van der Waals surface area contributed by atoms with Gasteiger partial charge in [-0.25, -0.2) is 0 Å². The minimum atomic E-state index is -0.994. The van der Waals surface area contributed by atoms with E-state index in [0.29, 0.717) is 40.4 Å². The van der Waals surface area contributed by atoms with E-state index in [4.69, 9.17) is 16.3 Å². The first-order valence-electron chi connectivity index (χ1n) is 16.4. The largest absolute Gasteiger partial charge is 0.508 e. The van der Waals surface area contributed by atoms with Crippen molar-refractivity contribution >= 4 is 46.6 Å². The molecule has 4 atom stereocenters. The number of carbonyl (C=O) groups is 2. The molecule has 1 heterocycles. The molecule has 0 unspecified atom stereocenters. The number of phenols is 1. The van der Waals surface area contributed by atoms with Crippen molar-refractivity contribution in [2.24, 2.45) is 17.8 Å². The number of rotatable bonds is 12. The Hall–Kier alpha value is -4.89. The number of para-hydroxylation sites is 2.